The summed E-state index contributed by atoms with van der Waals surface area (Å²) in [5.41, 5.74) is -0.0701. The zero-order valence-electron chi connectivity index (χ0n) is 15.1. The van der Waals surface area contributed by atoms with Gasteiger partial charge in [0, 0.05) is 12.1 Å². The second-order valence-corrected chi connectivity index (χ2v) is 6.13. The van der Waals surface area contributed by atoms with Gasteiger partial charge in [-0.2, -0.15) is 8.78 Å². The van der Waals surface area contributed by atoms with Crippen LogP contribution in [0.4, 0.5) is 13.2 Å². The van der Waals surface area contributed by atoms with Gasteiger partial charge in [0.15, 0.2) is 5.82 Å². The van der Waals surface area contributed by atoms with Gasteiger partial charge in [-0.3, -0.25) is 9.13 Å². The van der Waals surface area contributed by atoms with Crippen molar-refractivity contribution in [2.45, 2.75) is 26.5 Å². The van der Waals surface area contributed by atoms with Crippen molar-refractivity contribution in [3.63, 3.8) is 0 Å². The molecule has 0 aliphatic carbocycles. The van der Waals surface area contributed by atoms with Crippen molar-refractivity contribution in [1.29, 1.82) is 0 Å². The van der Waals surface area contributed by atoms with E-state index in [1.165, 1.54) is 29.9 Å². The number of nitrogens with zero attached hydrogens (tertiary/aromatic N) is 3. The quantitative estimate of drug-likeness (QED) is 0.620. The minimum Gasteiger partial charge on any atom is -0.465 e. The van der Waals surface area contributed by atoms with Crippen LogP contribution in [0, 0.1) is 5.82 Å². The summed E-state index contributed by atoms with van der Waals surface area (Å²) < 4.78 is 50.7. The fourth-order valence-electron chi connectivity index (χ4n) is 2.93. The number of fused-ring (bicyclic) bond motifs is 1. The third-order valence-corrected chi connectivity index (χ3v) is 4.07. The molecule has 0 unspecified atom stereocenters. The molecule has 0 fully saturated rings. The van der Waals surface area contributed by atoms with Crippen LogP contribution in [0.2, 0.25) is 0 Å². The third-order valence-electron chi connectivity index (χ3n) is 4.07. The molecule has 148 valence electrons. The van der Waals surface area contributed by atoms with Crippen LogP contribution in [0.3, 0.4) is 0 Å². The van der Waals surface area contributed by atoms with Crippen molar-refractivity contribution in [3.05, 3.63) is 52.3 Å². The van der Waals surface area contributed by atoms with E-state index in [-0.39, 0.29) is 22.8 Å². The van der Waals surface area contributed by atoms with Crippen LogP contribution < -0.4 is 10.4 Å². The second kappa shape index (κ2) is 7.37. The first kappa shape index (κ1) is 19.5. The molecule has 28 heavy (non-hydrogen) atoms. The number of esters is 1. The topological polar surface area (TPSA) is 75.3 Å². The zero-order chi connectivity index (χ0) is 20.6. The van der Waals surface area contributed by atoms with Gasteiger partial charge in [-0.05, 0) is 32.0 Å². The largest absolute Gasteiger partial charge is 0.465 e. The number of rotatable bonds is 5. The van der Waals surface area contributed by atoms with Gasteiger partial charge in [0.2, 0.25) is 5.88 Å². The van der Waals surface area contributed by atoms with Crippen molar-refractivity contribution >= 4 is 17.0 Å². The molecule has 0 radical (unpaired) electrons. The molecule has 0 atom stereocenters. The van der Waals surface area contributed by atoms with Crippen LogP contribution in [-0.2, 0) is 4.74 Å². The predicted molar refractivity (Wildman–Crippen MR) is 93.6 cm³/mol. The number of carbonyl (C=O) groups excluding carboxylic acids is 1. The lowest BCUT2D eigenvalue weighted by Crippen LogP contribution is -2.25. The standard InChI is InChI=1S/C18H16F3N3O4/c1-9(2)23-14-6-10(16(25)27-3)4-5-12(14)24(18(23)26)13-7-15(28-17(20)21)22-8-11(13)19/h4-9,17H,1-3H3. The maximum Gasteiger partial charge on any atom is 0.388 e. The Balaban J connectivity index is 2.32. The molecule has 2 aromatic heterocycles. The molecule has 3 rings (SSSR count). The van der Waals surface area contributed by atoms with Crippen LogP contribution in [-0.4, -0.2) is 33.8 Å². The summed E-state index contributed by atoms with van der Waals surface area (Å²) in [6.07, 6.45) is 0.695. The Morgan fingerprint density at radius 1 is 1.18 bits per heavy atom. The first-order chi connectivity index (χ1) is 13.2. The molecule has 10 heteroatoms. The first-order valence-corrected chi connectivity index (χ1v) is 8.20. The number of imidazole rings is 1. The highest BCUT2D eigenvalue weighted by molar-refractivity contribution is 5.94. The maximum absolute atomic E-state index is 14.4. The Hall–Kier alpha value is -3.30. The third kappa shape index (κ3) is 3.32. The normalized spacial score (nSPS) is 11.4. The number of benzene rings is 1. The predicted octanol–water partition coefficient (Wildman–Crippen LogP) is 3.30. The molecule has 7 nitrogen and oxygen atoms in total. The fourth-order valence-corrected chi connectivity index (χ4v) is 2.93. The van der Waals surface area contributed by atoms with E-state index in [0.29, 0.717) is 11.7 Å². The van der Waals surface area contributed by atoms with Crippen LogP contribution in [0.1, 0.15) is 30.2 Å². The molecule has 0 amide bonds. The maximum atomic E-state index is 14.4. The van der Waals surface area contributed by atoms with E-state index in [2.05, 4.69) is 9.72 Å². The lowest BCUT2D eigenvalue weighted by Gasteiger charge is -2.08. The van der Waals surface area contributed by atoms with Gasteiger partial charge in [0.05, 0.1) is 35.6 Å². The number of pyridine rings is 1. The average molecular weight is 395 g/mol. The molecular formula is C18H16F3N3O4. The summed E-state index contributed by atoms with van der Waals surface area (Å²) in [5.74, 6) is -2.03. The van der Waals surface area contributed by atoms with E-state index in [1.54, 1.807) is 13.8 Å². The van der Waals surface area contributed by atoms with Crippen molar-refractivity contribution in [2.75, 3.05) is 7.11 Å². The van der Waals surface area contributed by atoms with Crippen molar-refractivity contribution < 1.29 is 27.4 Å². The van der Waals surface area contributed by atoms with Crippen molar-refractivity contribution in [2.24, 2.45) is 0 Å². The summed E-state index contributed by atoms with van der Waals surface area (Å²) >= 11 is 0. The van der Waals surface area contributed by atoms with E-state index in [9.17, 15) is 22.8 Å². The van der Waals surface area contributed by atoms with Crippen molar-refractivity contribution in [3.8, 4) is 11.6 Å². The minimum absolute atomic E-state index is 0.207. The molecule has 0 saturated heterocycles. The molecule has 0 N–H and O–H groups in total. The van der Waals surface area contributed by atoms with Gasteiger partial charge >= 0.3 is 18.3 Å². The van der Waals surface area contributed by atoms with E-state index < -0.39 is 30.0 Å². The molecular weight excluding hydrogens is 379 g/mol. The van der Waals surface area contributed by atoms with Crippen LogP contribution in [0.25, 0.3) is 16.7 Å². The van der Waals surface area contributed by atoms with E-state index >= 15 is 0 Å². The summed E-state index contributed by atoms with van der Waals surface area (Å²) in [7, 11) is 1.23. The lowest BCUT2D eigenvalue weighted by molar-refractivity contribution is -0.0529. The number of alkyl halides is 2. The number of ether oxygens (including phenoxy) is 2. The van der Waals surface area contributed by atoms with Gasteiger partial charge in [0.1, 0.15) is 0 Å². The van der Waals surface area contributed by atoms with Crippen LogP contribution in [0.15, 0.2) is 35.3 Å². The van der Waals surface area contributed by atoms with Gasteiger partial charge in [0.25, 0.3) is 0 Å². The lowest BCUT2D eigenvalue weighted by atomic mass is 10.2. The SMILES string of the molecule is COC(=O)c1ccc2c(c1)n(C(C)C)c(=O)n2-c1cc(OC(F)F)ncc1F. The monoisotopic (exact) mass is 395 g/mol. The Morgan fingerprint density at radius 2 is 1.89 bits per heavy atom. The molecule has 0 aliphatic rings. The Labute approximate surface area is 156 Å². The van der Waals surface area contributed by atoms with Gasteiger partial charge in [-0.25, -0.2) is 19.0 Å². The summed E-state index contributed by atoms with van der Waals surface area (Å²) in [4.78, 5) is 28.3. The first-order valence-electron chi connectivity index (χ1n) is 8.20. The summed E-state index contributed by atoms with van der Waals surface area (Å²) in [6.45, 7) is 0.330. The number of carbonyl (C=O) groups is 1. The molecule has 3 aromatic rings. The Bertz CT molecular complexity index is 1110. The second-order valence-electron chi connectivity index (χ2n) is 6.13. The fraction of sp³-hybridized carbons (Fsp3) is 0.278. The molecule has 1 aromatic carbocycles. The van der Waals surface area contributed by atoms with Crippen LogP contribution >= 0.6 is 0 Å². The minimum atomic E-state index is -3.15. The molecule has 0 bridgehead atoms. The highest BCUT2D eigenvalue weighted by Gasteiger charge is 2.21. The average Bonchev–Trinajstić information content (AvgIpc) is 2.93. The van der Waals surface area contributed by atoms with Crippen molar-refractivity contribution in [1.82, 2.24) is 14.1 Å². The highest BCUT2D eigenvalue weighted by Crippen LogP contribution is 2.25. The Morgan fingerprint density at radius 3 is 2.50 bits per heavy atom. The highest BCUT2D eigenvalue weighted by atomic mass is 19.3. The Kier molecular flexibility index (Phi) is 5.12. The van der Waals surface area contributed by atoms with E-state index in [1.807, 2.05) is 0 Å². The van der Waals surface area contributed by atoms with E-state index in [0.717, 1.165) is 10.6 Å². The molecule has 0 aliphatic heterocycles. The summed E-state index contributed by atoms with van der Waals surface area (Å²) in [5, 5.41) is 0. The zero-order valence-corrected chi connectivity index (χ0v) is 15.1. The number of methoxy groups -OCH3 is 1. The smallest absolute Gasteiger partial charge is 0.388 e. The van der Waals surface area contributed by atoms with E-state index in [4.69, 9.17) is 4.74 Å². The molecule has 0 saturated carbocycles. The molecule has 2 heterocycles. The number of halogens is 3. The number of hydrogen-bond donors (Lipinski definition) is 0. The summed E-state index contributed by atoms with van der Waals surface area (Å²) in [6, 6.07) is 4.92. The van der Waals surface area contributed by atoms with Gasteiger partial charge in [-0.15, -0.1) is 0 Å². The van der Waals surface area contributed by atoms with Gasteiger partial charge in [-0.1, -0.05) is 0 Å². The number of aromatic nitrogens is 3. The number of hydrogen-bond acceptors (Lipinski definition) is 5. The van der Waals surface area contributed by atoms with Gasteiger partial charge < -0.3 is 9.47 Å². The van der Waals surface area contributed by atoms with Crippen LogP contribution in [0.5, 0.6) is 5.88 Å². The molecule has 0 spiro atoms.